The van der Waals surface area contributed by atoms with E-state index in [9.17, 15) is 0 Å². The van der Waals surface area contributed by atoms with Crippen molar-refractivity contribution in [2.45, 2.75) is 37.3 Å². The van der Waals surface area contributed by atoms with Crippen molar-refractivity contribution in [3.05, 3.63) is 30.6 Å². The Morgan fingerprint density at radius 2 is 2.06 bits per heavy atom. The number of aromatic nitrogens is 2. The summed E-state index contributed by atoms with van der Waals surface area (Å²) in [6.07, 6.45) is 5.12. The second-order valence-electron chi connectivity index (χ2n) is 4.52. The van der Waals surface area contributed by atoms with Crippen molar-refractivity contribution >= 4 is 22.7 Å². The molecule has 1 aromatic carbocycles. The van der Waals surface area contributed by atoms with Crippen LogP contribution < -0.4 is 5.73 Å². The van der Waals surface area contributed by atoms with Gasteiger partial charge in [-0.1, -0.05) is 24.6 Å². The molecule has 1 aromatic heterocycles. The van der Waals surface area contributed by atoms with Crippen LogP contribution in [0.15, 0.2) is 35.6 Å². The third kappa shape index (κ3) is 3.68. The molecule has 96 valence electrons. The minimum atomic E-state index is 0.315. The van der Waals surface area contributed by atoms with Gasteiger partial charge in [-0.15, -0.1) is 11.8 Å². The van der Waals surface area contributed by atoms with Gasteiger partial charge in [0.2, 0.25) is 0 Å². The Hall–Kier alpha value is -1.13. The maximum absolute atomic E-state index is 5.73. The van der Waals surface area contributed by atoms with Crippen molar-refractivity contribution in [1.29, 1.82) is 0 Å². The molecule has 1 heterocycles. The number of rotatable bonds is 6. The fourth-order valence-corrected chi connectivity index (χ4v) is 2.82. The van der Waals surface area contributed by atoms with Gasteiger partial charge in [0.1, 0.15) is 11.4 Å². The number of hydrogen-bond acceptors (Lipinski definition) is 4. The number of nitrogens with zero attached hydrogens (tertiary/aromatic N) is 2. The van der Waals surface area contributed by atoms with E-state index in [1.807, 2.05) is 30.0 Å². The first-order chi connectivity index (χ1) is 8.77. The zero-order valence-corrected chi connectivity index (χ0v) is 11.5. The van der Waals surface area contributed by atoms with Crippen molar-refractivity contribution < 1.29 is 0 Å². The Bertz CT molecular complexity index is 494. The van der Waals surface area contributed by atoms with Gasteiger partial charge in [0.05, 0.1) is 5.52 Å². The summed E-state index contributed by atoms with van der Waals surface area (Å²) in [5, 5.41) is 2.23. The Morgan fingerprint density at radius 1 is 1.22 bits per heavy atom. The van der Waals surface area contributed by atoms with Gasteiger partial charge in [-0.3, -0.25) is 0 Å². The van der Waals surface area contributed by atoms with Gasteiger partial charge in [0, 0.05) is 11.4 Å². The van der Waals surface area contributed by atoms with Gasteiger partial charge >= 0.3 is 0 Å². The predicted molar refractivity (Wildman–Crippen MR) is 77.8 cm³/mol. The van der Waals surface area contributed by atoms with Crippen LogP contribution in [0.1, 0.15) is 26.2 Å². The van der Waals surface area contributed by atoms with Crippen LogP contribution in [0.25, 0.3) is 10.9 Å². The molecule has 18 heavy (non-hydrogen) atoms. The summed E-state index contributed by atoms with van der Waals surface area (Å²) < 4.78 is 0. The number of hydrogen-bond donors (Lipinski definition) is 1. The molecule has 4 heteroatoms. The van der Waals surface area contributed by atoms with Crippen LogP contribution in [0, 0.1) is 0 Å². The van der Waals surface area contributed by atoms with E-state index in [1.54, 1.807) is 6.33 Å². The van der Waals surface area contributed by atoms with Gasteiger partial charge in [-0.25, -0.2) is 9.97 Å². The highest BCUT2D eigenvalue weighted by molar-refractivity contribution is 7.99. The second-order valence-corrected chi connectivity index (χ2v) is 5.60. The molecule has 0 aliphatic heterocycles. The van der Waals surface area contributed by atoms with E-state index in [-0.39, 0.29) is 0 Å². The van der Waals surface area contributed by atoms with Crippen LogP contribution in [-0.2, 0) is 0 Å². The average molecular weight is 261 g/mol. The van der Waals surface area contributed by atoms with Gasteiger partial charge in [0.15, 0.2) is 0 Å². The third-order valence-corrected chi connectivity index (χ3v) is 3.89. The summed E-state index contributed by atoms with van der Waals surface area (Å²) in [6, 6.07) is 8.46. The van der Waals surface area contributed by atoms with Gasteiger partial charge in [-0.05, 0) is 31.6 Å². The number of para-hydroxylation sites is 1. The summed E-state index contributed by atoms with van der Waals surface area (Å²) in [5.74, 6) is 1.09. The molecule has 0 radical (unpaired) electrons. The molecule has 1 unspecified atom stereocenters. The van der Waals surface area contributed by atoms with Crippen molar-refractivity contribution in [2.75, 3.05) is 5.75 Å². The van der Waals surface area contributed by atoms with Crippen LogP contribution in [0.4, 0.5) is 0 Å². The largest absolute Gasteiger partial charge is 0.328 e. The Balaban J connectivity index is 1.91. The number of benzene rings is 1. The van der Waals surface area contributed by atoms with Crippen LogP contribution >= 0.6 is 11.8 Å². The summed E-state index contributed by atoms with van der Waals surface area (Å²) in [5.41, 5.74) is 6.75. The Morgan fingerprint density at radius 3 is 2.89 bits per heavy atom. The van der Waals surface area contributed by atoms with E-state index in [4.69, 9.17) is 5.73 Å². The third-order valence-electron chi connectivity index (χ3n) is 2.80. The highest BCUT2D eigenvalue weighted by Crippen LogP contribution is 2.24. The summed E-state index contributed by atoms with van der Waals surface area (Å²) >= 11 is 1.81. The van der Waals surface area contributed by atoms with Crippen LogP contribution in [0.5, 0.6) is 0 Å². The van der Waals surface area contributed by atoms with Crippen LogP contribution in [0.3, 0.4) is 0 Å². The molecule has 0 saturated heterocycles. The van der Waals surface area contributed by atoms with Gasteiger partial charge < -0.3 is 5.73 Å². The van der Waals surface area contributed by atoms with Crippen LogP contribution in [-0.4, -0.2) is 21.8 Å². The number of nitrogens with two attached hydrogens (primary N) is 1. The van der Waals surface area contributed by atoms with E-state index in [1.165, 1.54) is 12.8 Å². The highest BCUT2D eigenvalue weighted by Gasteiger charge is 2.03. The van der Waals surface area contributed by atoms with E-state index in [0.717, 1.165) is 28.1 Å². The lowest BCUT2D eigenvalue weighted by atomic mass is 10.2. The smallest absolute Gasteiger partial charge is 0.117 e. The molecule has 0 bridgehead atoms. The summed E-state index contributed by atoms with van der Waals surface area (Å²) in [7, 11) is 0. The maximum atomic E-state index is 5.73. The molecular weight excluding hydrogens is 242 g/mol. The predicted octanol–water partition coefficient (Wildman–Crippen LogP) is 3.24. The zero-order valence-electron chi connectivity index (χ0n) is 10.7. The van der Waals surface area contributed by atoms with Gasteiger partial charge in [-0.2, -0.15) is 0 Å². The lowest BCUT2D eigenvalue weighted by Crippen LogP contribution is -2.14. The van der Waals surface area contributed by atoms with E-state index >= 15 is 0 Å². The average Bonchev–Trinajstić information content (AvgIpc) is 2.38. The van der Waals surface area contributed by atoms with Crippen molar-refractivity contribution in [3.63, 3.8) is 0 Å². The lowest BCUT2D eigenvalue weighted by molar-refractivity contribution is 0.618. The van der Waals surface area contributed by atoms with Gasteiger partial charge in [0.25, 0.3) is 0 Å². The van der Waals surface area contributed by atoms with E-state index < -0.39 is 0 Å². The van der Waals surface area contributed by atoms with Crippen molar-refractivity contribution in [1.82, 2.24) is 9.97 Å². The molecule has 3 nitrogen and oxygen atoms in total. The fourth-order valence-electron chi connectivity index (χ4n) is 1.83. The molecule has 2 rings (SSSR count). The molecule has 2 aromatic rings. The minimum absolute atomic E-state index is 0.315. The topological polar surface area (TPSA) is 51.8 Å². The quantitative estimate of drug-likeness (QED) is 0.493. The molecule has 0 aliphatic carbocycles. The standard InChI is InChI=1S/C14H19N3S/c1-11(15)6-4-5-9-18-14-12-7-2-3-8-13(12)16-10-17-14/h2-3,7-8,10-11H,4-6,9,15H2,1H3. The van der Waals surface area contributed by atoms with Crippen molar-refractivity contribution in [3.8, 4) is 0 Å². The zero-order chi connectivity index (χ0) is 12.8. The first-order valence-electron chi connectivity index (χ1n) is 6.35. The molecule has 0 spiro atoms. The molecule has 0 amide bonds. The molecule has 2 N–H and O–H groups in total. The molecular formula is C14H19N3S. The van der Waals surface area contributed by atoms with Crippen molar-refractivity contribution in [2.24, 2.45) is 5.73 Å². The molecule has 0 aliphatic rings. The first-order valence-corrected chi connectivity index (χ1v) is 7.34. The summed E-state index contributed by atoms with van der Waals surface area (Å²) in [4.78, 5) is 8.64. The lowest BCUT2D eigenvalue weighted by Gasteiger charge is -2.06. The van der Waals surface area contributed by atoms with Crippen LogP contribution in [0.2, 0.25) is 0 Å². The first kappa shape index (κ1) is 13.3. The highest BCUT2D eigenvalue weighted by atomic mass is 32.2. The van der Waals surface area contributed by atoms with E-state index in [0.29, 0.717) is 6.04 Å². The Kier molecular flexibility index (Phi) is 4.96. The fraction of sp³-hybridized carbons (Fsp3) is 0.429. The minimum Gasteiger partial charge on any atom is -0.328 e. The molecule has 0 saturated carbocycles. The number of thioether (sulfide) groups is 1. The Labute approximate surface area is 112 Å². The monoisotopic (exact) mass is 261 g/mol. The second kappa shape index (κ2) is 6.71. The maximum Gasteiger partial charge on any atom is 0.117 e. The molecule has 0 fully saturated rings. The SMILES string of the molecule is CC(N)CCCCSc1ncnc2ccccc12. The number of fused-ring (bicyclic) bond motifs is 1. The molecule has 1 atom stereocenters. The van der Waals surface area contributed by atoms with E-state index in [2.05, 4.69) is 23.0 Å². The summed E-state index contributed by atoms with van der Waals surface area (Å²) in [6.45, 7) is 2.06. The normalized spacial score (nSPS) is 12.8. The number of unbranched alkanes of at least 4 members (excludes halogenated alkanes) is 1.